The van der Waals surface area contributed by atoms with Crippen LogP contribution < -0.4 is 10.5 Å². The lowest BCUT2D eigenvalue weighted by atomic mass is 10.0. The topological polar surface area (TPSA) is 55.5 Å². The molecule has 1 aromatic carbocycles. The molecule has 0 aromatic heterocycles. The van der Waals surface area contributed by atoms with Gasteiger partial charge in [-0.25, -0.2) is 0 Å². The molecule has 0 aliphatic heterocycles. The van der Waals surface area contributed by atoms with Gasteiger partial charge in [0, 0.05) is 11.6 Å². The number of hydrogen-bond acceptors (Lipinski definition) is 3. The molecule has 0 fully saturated rings. The zero-order valence-electron chi connectivity index (χ0n) is 8.66. The molecule has 1 rings (SSSR count). The van der Waals surface area contributed by atoms with Crippen LogP contribution >= 0.6 is 0 Å². The van der Waals surface area contributed by atoms with Crippen LogP contribution in [0, 0.1) is 0 Å². The van der Waals surface area contributed by atoms with Crippen molar-refractivity contribution in [1.29, 1.82) is 0 Å². The third-order valence-electron chi connectivity index (χ3n) is 2.07. The normalized spacial score (nSPS) is 12.6. The Hall–Kier alpha value is -1.06. The van der Waals surface area contributed by atoms with Gasteiger partial charge in [0.2, 0.25) is 0 Å². The summed E-state index contributed by atoms with van der Waals surface area (Å²) in [6, 6.07) is 5.90. The van der Waals surface area contributed by atoms with Crippen LogP contribution in [0.5, 0.6) is 5.75 Å². The minimum absolute atomic E-state index is 0.00400. The fourth-order valence-corrected chi connectivity index (χ4v) is 1.45. The van der Waals surface area contributed by atoms with Gasteiger partial charge in [-0.15, -0.1) is 0 Å². The summed E-state index contributed by atoms with van der Waals surface area (Å²) in [5.41, 5.74) is 7.63. The second kappa shape index (κ2) is 4.98. The van der Waals surface area contributed by atoms with Crippen LogP contribution in [0.2, 0.25) is 0 Å². The molecule has 0 saturated carbocycles. The fraction of sp³-hybridized carbons (Fsp3) is 0.455. The summed E-state index contributed by atoms with van der Waals surface area (Å²) in [5.74, 6) is 0.723. The van der Waals surface area contributed by atoms with Crippen LogP contribution in [-0.2, 0) is 13.0 Å². The Morgan fingerprint density at radius 1 is 1.50 bits per heavy atom. The molecule has 1 atom stereocenters. The van der Waals surface area contributed by atoms with Crippen molar-refractivity contribution in [3.8, 4) is 5.75 Å². The van der Waals surface area contributed by atoms with Crippen LogP contribution in [0.3, 0.4) is 0 Å². The van der Waals surface area contributed by atoms with Crippen molar-refractivity contribution in [2.24, 2.45) is 5.73 Å². The Morgan fingerprint density at radius 2 is 2.21 bits per heavy atom. The highest BCUT2D eigenvalue weighted by Gasteiger charge is 2.04. The van der Waals surface area contributed by atoms with Gasteiger partial charge in [-0.2, -0.15) is 0 Å². The van der Waals surface area contributed by atoms with E-state index in [1.54, 1.807) is 7.11 Å². The van der Waals surface area contributed by atoms with Gasteiger partial charge in [-0.1, -0.05) is 6.07 Å². The molecule has 1 unspecified atom stereocenters. The second-order valence-corrected chi connectivity index (χ2v) is 3.49. The molecule has 0 aliphatic carbocycles. The first-order chi connectivity index (χ1) is 6.67. The Morgan fingerprint density at radius 3 is 2.71 bits per heavy atom. The number of ether oxygens (including phenoxy) is 1. The Balaban J connectivity index is 2.89. The average molecular weight is 195 g/mol. The van der Waals surface area contributed by atoms with Crippen molar-refractivity contribution in [1.82, 2.24) is 0 Å². The highest BCUT2D eigenvalue weighted by molar-refractivity contribution is 5.37. The summed E-state index contributed by atoms with van der Waals surface area (Å²) in [6.07, 6.45) is 0.816. The minimum atomic E-state index is -0.00400. The molecule has 0 radical (unpaired) electrons. The summed E-state index contributed by atoms with van der Waals surface area (Å²) in [4.78, 5) is 0. The molecule has 3 N–H and O–H groups in total. The van der Waals surface area contributed by atoms with Gasteiger partial charge in [-0.3, -0.25) is 0 Å². The maximum absolute atomic E-state index is 9.10. The predicted molar refractivity (Wildman–Crippen MR) is 56.3 cm³/mol. The highest BCUT2D eigenvalue weighted by atomic mass is 16.5. The van der Waals surface area contributed by atoms with E-state index in [-0.39, 0.29) is 12.6 Å². The SMILES string of the molecule is COc1ccc(CC(C)N)cc1CO. The van der Waals surface area contributed by atoms with Crippen LogP contribution in [0.4, 0.5) is 0 Å². The number of hydrogen-bond donors (Lipinski definition) is 2. The van der Waals surface area contributed by atoms with E-state index < -0.39 is 0 Å². The molecule has 0 amide bonds. The maximum atomic E-state index is 9.10. The van der Waals surface area contributed by atoms with Gasteiger partial charge >= 0.3 is 0 Å². The van der Waals surface area contributed by atoms with Crippen LogP contribution in [0.25, 0.3) is 0 Å². The van der Waals surface area contributed by atoms with E-state index in [1.807, 2.05) is 25.1 Å². The first-order valence-electron chi connectivity index (χ1n) is 4.69. The fourth-order valence-electron chi connectivity index (χ4n) is 1.45. The van der Waals surface area contributed by atoms with Crippen molar-refractivity contribution in [2.45, 2.75) is 26.0 Å². The maximum Gasteiger partial charge on any atom is 0.124 e. The first-order valence-corrected chi connectivity index (χ1v) is 4.69. The Kier molecular flexibility index (Phi) is 3.92. The quantitative estimate of drug-likeness (QED) is 0.755. The summed E-state index contributed by atoms with van der Waals surface area (Å²) in [5, 5.41) is 9.10. The predicted octanol–water partition coefficient (Wildman–Crippen LogP) is 1.08. The Labute approximate surface area is 84.5 Å². The van der Waals surface area contributed by atoms with Crippen molar-refractivity contribution < 1.29 is 9.84 Å². The molecule has 3 nitrogen and oxygen atoms in total. The molecular weight excluding hydrogens is 178 g/mol. The van der Waals surface area contributed by atoms with E-state index in [0.29, 0.717) is 0 Å². The number of nitrogens with two attached hydrogens (primary N) is 1. The van der Waals surface area contributed by atoms with Gasteiger partial charge < -0.3 is 15.6 Å². The molecule has 0 aliphatic rings. The highest BCUT2D eigenvalue weighted by Crippen LogP contribution is 2.20. The van der Waals surface area contributed by atoms with E-state index in [9.17, 15) is 0 Å². The third kappa shape index (κ3) is 2.72. The van der Waals surface area contributed by atoms with Crippen LogP contribution in [-0.4, -0.2) is 18.3 Å². The smallest absolute Gasteiger partial charge is 0.124 e. The zero-order chi connectivity index (χ0) is 10.6. The zero-order valence-corrected chi connectivity index (χ0v) is 8.66. The number of aliphatic hydroxyl groups is 1. The first kappa shape index (κ1) is 11.0. The lowest BCUT2D eigenvalue weighted by Crippen LogP contribution is -2.17. The number of methoxy groups -OCH3 is 1. The monoisotopic (exact) mass is 195 g/mol. The largest absolute Gasteiger partial charge is 0.496 e. The van der Waals surface area contributed by atoms with Crippen molar-refractivity contribution >= 4 is 0 Å². The van der Waals surface area contributed by atoms with E-state index >= 15 is 0 Å². The molecule has 78 valence electrons. The summed E-state index contributed by atoms with van der Waals surface area (Å²) in [6.45, 7) is 1.96. The molecule has 0 heterocycles. The van der Waals surface area contributed by atoms with Gasteiger partial charge in [-0.05, 0) is 31.0 Å². The number of aliphatic hydroxyl groups excluding tert-OH is 1. The van der Waals surface area contributed by atoms with Crippen molar-refractivity contribution in [3.63, 3.8) is 0 Å². The van der Waals surface area contributed by atoms with E-state index in [0.717, 1.165) is 23.3 Å². The molecule has 14 heavy (non-hydrogen) atoms. The molecule has 0 saturated heterocycles. The average Bonchev–Trinajstić information content (AvgIpc) is 2.16. The van der Waals surface area contributed by atoms with Gasteiger partial charge in [0.05, 0.1) is 13.7 Å². The summed E-state index contributed by atoms with van der Waals surface area (Å²) in [7, 11) is 1.60. The van der Waals surface area contributed by atoms with E-state index in [4.69, 9.17) is 15.6 Å². The molecule has 0 bridgehead atoms. The second-order valence-electron chi connectivity index (χ2n) is 3.49. The van der Waals surface area contributed by atoms with Crippen molar-refractivity contribution in [2.75, 3.05) is 7.11 Å². The minimum Gasteiger partial charge on any atom is -0.496 e. The number of benzene rings is 1. The lowest BCUT2D eigenvalue weighted by Gasteiger charge is -2.10. The van der Waals surface area contributed by atoms with E-state index in [2.05, 4.69) is 0 Å². The summed E-state index contributed by atoms with van der Waals surface area (Å²) < 4.78 is 5.10. The Bertz CT molecular complexity index is 297. The molecule has 0 spiro atoms. The molecule has 1 aromatic rings. The van der Waals surface area contributed by atoms with Gasteiger partial charge in [0.25, 0.3) is 0 Å². The van der Waals surface area contributed by atoms with Crippen LogP contribution in [0.1, 0.15) is 18.1 Å². The number of rotatable bonds is 4. The standard InChI is InChI=1S/C11H17NO2/c1-8(12)5-9-3-4-11(14-2)10(6-9)7-13/h3-4,6,8,13H,5,7,12H2,1-2H3. The summed E-state index contributed by atoms with van der Waals surface area (Å²) >= 11 is 0. The molecule has 3 heteroatoms. The lowest BCUT2D eigenvalue weighted by molar-refractivity contribution is 0.273. The van der Waals surface area contributed by atoms with Gasteiger partial charge in [0.15, 0.2) is 0 Å². The van der Waals surface area contributed by atoms with E-state index in [1.165, 1.54) is 0 Å². The molecular formula is C11H17NO2. The van der Waals surface area contributed by atoms with Crippen LogP contribution in [0.15, 0.2) is 18.2 Å². The van der Waals surface area contributed by atoms with Gasteiger partial charge in [0.1, 0.15) is 5.75 Å². The van der Waals surface area contributed by atoms with Crippen molar-refractivity contribution in [3.05, 3.63) is 29.3 Å². The third-order valence-corrected chi connectivity index (χ3v) is 2.07.